The topological polar surface area (TPSA) is 69.6 Å². The van der Waals surface area contributed by atoms with Crippen molar-refractivity contribution in [3.05, 3.63) is 30.3 Å². The quantitative estimate of drug-likeness (QED) is 0.743. The van der Waals surface area contributed by atoms with Crippen LogP contribution in [0.25, 0.3) is 0 Å². The van der Waals surface area contributed by atoms with E-state index in [-0.39, 0.29) is 19.0 Å². The van der Waals surface area contributed by atoms with Crippen molar-refractivity contribution in [3.63, 3.8) is 0 Å². The number of amides is 2. The zero-order valence-electron chi connectivity index (χ0n) is 11.1. The van der Waals surface area contributed by atoms with Gasteiger partial charge >= 0.3 is 12.0 Å². The number of nitrogens with one attached hydrogen (secondary N) is 1. The first-order valence-electron chi connectivity index (χ1n) is 6.47. The molecule has 0 fully saturated rings. The van der Waals surface area contributed by atoms with Gasteiger partial charge in [0.15, 0.2) is 0 Å². The summed E-state index contributed by atoms with van der Waals surface area (Å²) in [5.74, 6) is -0.915. The van der Waals surface area contributed by atoms with Crippen molar-refractivity contribution in [2.24, 2.45) is 0 Å². The number of rotatable bonds is 7. The summed E-state index contributed by atoms with van der Waals surface area (Å²) in [6.07, 6.45) is 1.84. The van der Waals surface area contributed by atoms with Crippen molar-refractivity contribution in [2.75, 3.05) is 18.0 Å². The van der Waals surface area contributed by atoms with E-state index in [0.717, 1.165) is 12.8 Å². The van der Waals surface area contributed by atoms with Gasteiger partial charge in [-0.05, 0) is 18.6 Å². The Morgan fingerprint density at radius 3 is 2.53 bits per heavy atom. The molecule has 0 aliphatic carbocycles. The number of aliphatic carboxylic acids is 1. The Morgan fingerprint density at radius 1 is 1.26 bits per heavy atom. The van der Waals surface area contributed by atoms with E-state index < -0.39 is 5.97 Å². The molecule has 0 saturated carbocycles. The van der Waals surface area contributed by atoms with Crippen LogP contribution in [0.15, 0.2) is 30.3 Å². The summed E-state index contributed by atoms with van der Waals surface area (Å²) >= 11 is 0. The number of carbonyl (C=O) groups excluding carboxylic acids is 1. The van der Waals surface area contributed by atoms with Crippen LogP contribution in [-0.2, 0) is 4.79 Å². The van der Waals surface area contributed by atoms with Crippen LogP contribution in [0.1, 0.15) is 26.2 Å². The highest BCUT2D eigenvalue weighted by Crippen LogP contribution is 2.13. The maximum Gasteiger partial charge on any atom is 0.321 e. The van der Waals surface area contributed by atoms with Crippen molar-refractivity contribution in [2.45, 2.75) is 26.2 Å². The van der Waals surface area contributed by atoms with E-state index in [1.54, 1.807) is 12.1 Å². The molecule has 2 N–H and O–H groups in total. The predicted molar refractivity (Wildman–Crippen MR) is 74.3 cm³/mol. The van der Waals surface area contributed by atoms with Crippen LogP contribution < -0.4 is 10.2 Å². The van der Waals surface area contributed by atoms with E-state index in [0.29, 0.717) is 12.2 Å². The predicted octanol–water partition coefficient (Wildman–Crippen LogP) is 2.48. The Hall–Kier alpha value is -2.04. The fraction of sp³-hybridized carbons (Fsp3) is 0.429. The summed E-state index contributed by atoms with van der Waals surface area (Å²) in [7, 11) is 0. The van der Waals surface area contributed by atoms with E-state index >= 15 is 0 Å². The van der Waals surface area contributed by atoms with Gasteiger partial charge in [-0.2, -0.15) is 0 Å². The normalized spacial score (nSPS) is 9.95. The molecule has 1 aromatic carbocycles. The van der Waals surface area contributed by atoms with E-state index in [1.165, 1.54) is 4.90 Å². The first-order valence-corrected chi connectivity index (χ1v) is 6.47. The molecule has 0 aliphatic heterocycles. The van der Waals surface area contributed by atoms with E-state index in [1.807, 2.05) is 25.1 Å². The number of anilines is 1. The number of hydrogen-bond donors (Lipinski definition) is 2. The average molecular weight is 264 g/mol. The number of carbonyl (C=O) groups is 2. The Labute approximate surface area is 113 Å². The minimum atomic E-state index is -0.915. The summed E-state index contributed by atoms with van der Waals surface area (Å²) in [6, 6.07) is 8.84. The van der Waals surface area contributed by atoms with Crippen LogP contribution in [0.2, 0.25) is 0 Å². The SMILES string of the molecule is CCCCNC(=O)N(CCC(=O)O)c1ccccc1. The highest BCUT2D eigenvalue weighted by Gasteiger charge is 2.15. The zero-order chi connectivity index (χ0) is 14.1. The second-order valence-electron chi connectivity index (χ2n) is 4.22. The molecule has 0 aliphatic rings. The second kappa shape index (κ2) is 8.13. The van der Waals surface area contributed by atoms with Crippen LogP contribution in [0.3, 0.4) is 0 Å². The molecule has 0 heterocycles. The molecule has 0 unspecified atom stereocenters. The number of unbranched alkanes of at least 4 members (excludes halogenated alkanes) is 1. The molecule has 0 bridgehead atoms. The van der Waals surface area contributed by atoms with Gasteiger partial charge in [0.05, 0.1) is 6.42 Å². The lowest BCUT2D eigenvalue weighted by molar-refractivity contribution is -0.136. The molecule has 0 radical (unpaired) electrons. The first kappa shape index (κ1) is 15.0. The average Bonchev–Trinajstić information content (AvgIpc) is 2.40. The number of para-hydroxylation sites is 1. The maximum absolute atomic E-state index is 12.1. The largest absolute Gasteiger partial charge is 0.481 e. The first-order chi connectivity index (χ1) is 9.15. The summed E-state index contributed by atoms with van der Waals surface area (Å²) in [6.45, 7) is 2.81. The van der Waals surface area contributed by atoms with Gasteiger partial charge in [-0.25, -0.2) is 4.79 Å². The third kappa shape index (κ3) is 5.42. The van der Waals surface area contributed by atoms with Crippen LogP contribution in [-0.4, -0.2) is 30.2 Å². The molecule has 1 aromatic rings. The molecular formula is C14H20N2O3. The van der Waals surface area contributed by atoms with Gasteiger partial charge in [0.1, 0.15) is 0 Å². The van der Waals surface area contributed by atoms with Gasteiger partial charge in [0.25, 0.3) is 0 Å². The molecule has 19 heavy (non-hydrogen) atoms. The lowest BCUT2D eigenvalue weighted by atomic mass is 10.2. The van der Waals surface area contributed by atoms with Crippen molar-refractivity contribution >= 4 is 17.7 Å². The van der Waals surface area contributed by atoms with E-state index in [4.69, 9.17) is 5.11 Å². The lowest BCUT2D eigenvalue weighted by Crippen LogP contribution is -2.41. The van der Waals surface area contributed by atoms with Crippen molar-refractivity contribution in [1.29, 1.82) is 0 Å². The van der Waals surface area contributed by atoms with E-state index in [9.17, 15) is 9.59 Å². The number of nitrogens with zero attached hydrogens (tertiary/aromatic N) is 1. The minimum absolute atomic E-state index is 0.0733. The van der Waals surface area contributed by atoms with Crippen molar-refractivity contribution in [1.82, 2.24) is 5.32 Å². The fourth-order valence-electron chi connectivity index (χ4n) is 1.63. The van der Waals surface area contributed by atoms with Crippen LogP contribution in [0, 0.1) is 0 Å². The van der Waals surface area contributed by atoms with Gasteiger partial charge < -0.3 is 10.4 Å². The molecule has 0 atom stereocenters. The van der Waals surface area contributed by atoms with Gasteiger partial charge in [-0.3, -0.25) is 9.69 Å². The van der Waals surface area contributed by atoms with Gasteiger partial charge in [0, 0.05) is 18.8 Å². The van der Waals surface area contributed by atoms with E-state index in [2.05, 4.69) is 5.32 Å². The molecule has 0 saturated heterocycles. The van der Waals surface area contributed by atoms with Gasteiger partial charge in [-0.15, -0.1) is 0 Å². The molecule has 0 spiro atoms. The third-order valence-electron chi connectivity index (χ3n) is 2.67. The number of carboxylic acid groups (broad SMARTS) is 1. The number of urea groups is 1. The van der Waals surface area contributed by atoms with Gasteiger partial charge in [-0.1, -0.05) is 31.5 Å². The second-order valence-corrected chi connectivity index (χ2v) is 4.22. The number of benzene rings is 1. The Balaban J connectivity index is 2.69. The Kier molecular flexibility index (Phi) is 6.43. The maximum atomic E-state index is 12.1. The standard InChI is InChI=1S/C14H20N2O3/c1-2-3-10-15-14(19)16(11-9-13(17)18)12-7-5-4-6-8-12/h4-8H,2-3,9-11H2,1H3,(H,15,19)(H,17,18). The van der Waals surface area contributed by atoms with Crippen molar-refractivity contribution < 1.29 is 14.7 Å². The smallest absolute Gasteiger partial charge is 0.321 e. The van der Waals surface area contributed by atoms with Crippen LogP contribution in [0.4, 0.5) is 10.5 Å². The molecule has 5 heteroatoms. The Bertz CT molecular complexity index is 406. The monoisotopic (exact) mass is 264 g/mol. The van der Waals surface area contributed by atoms with Crippen LogP contribution >= 0.6 is 0 Å². The van der Waals surface area contributed by atoms with Crippen molar-refractivity contribution in [3.8, 4) is 0 Å². The zero-order valence-corrected chi connectivity index (χ0v) is 11.1. The lowest BCUT2D eigenvalue weighted by Gasteiger charge is -2.22. The van der Waals surface area contributed by atoms with Crippen LogP contribution in [0.5, 0.6) is 0 Å². The fourth-order valence-corrected chi connectivity index (χ4v) is 1.63. The third-order valence-corrected chi connectivity index (χ3v) is 2.67. The summed E-state index contributed by atoms with van der Waals surface area (Å²) in [5, 5.41) is 11.5. The molecule has 104 valence electrons. The highest BCUT2D eigenvalue weighted by atomic mass is 16.4. The summed E-state index contributed by atoms with van der Waals surface area (Å²) in [4.78, 5) is 24.2. The number of carboxylic acids is 1. The number of hydrogen-bond acceptors (Lipinski definition) is 2. The molecule has 5 nitrogen and oxygen atoms in total. The molecular weight excluding hydrogens is 244 g/mol. The van der Waals surface area contributed by atoms with Gasteiger partial charge in [0.2, 0.25) is 0 Å². The molecule has 0 aromatic heterocycles. The molecule has 1 rings (SSSR count). The highest BCUT2D eigenvalue weighted by molar-refractivity contribution is 5.92. The Morgan fingerprint density at radius 2 is 1.95 bits per heavy atom. The molecule has 2 amide bonds. The summed E-state index contributed by atoms with van der Waals surface area (Å²) in [5.41, 5.74) is 0.706. The summed E-state index contributed by atoms with van der Waals surface area (Å²) < 4.78 is 0. The minimum Gasteiger partial charge on any atom is -0.481 e.